The third-order valence-corrected chi connectivity index (χ3v) is 6.48. The zero-order valence-electron chi connectivity index (χ0n) is 16.4. The van der Waals surface area contributed by atoms with Gasteiger partial charge in [0.25, 0.3) is 11.8 Å². The van der Waals surface area contributed by atoms with Crippen molar-refractivity contribution >= 4 is 46.3 Å². The number of likely N-dealkylation sites (tertiary alicyclic amines) is 1. The molecule has 2 aromatic rings. The number of nitrogens with zero attached hydrogens (tertiary/aromatic N) is 2. The number of benzene rings is 2. The van der Waals surface area contributed by atoms with Crippen LogP contribution in [0.15, 0.2) is 48.2 Å². The summed E-state index contributed by atoms with van der Waals surface area (Å²) in [7, 11) is 0. The van der Waals surface area contributed by atoms with Gasteiger partial charge in [-0.05, 0) is 43.4 Å². The van der Waals surface area contributed by atoms with Gasteiger partial charge in [-0.1, -0.05) is 66.0 Å². The molecular weight excluding hydrogens is 407 g/mol. The standard InChI is InChI=1S/C23H22Cl2N2O2/c1-14-6-8-16(9-7-14)19-21(26-12-10-15(2)11-13-26)23(29)27(22(19)28)18-5-3-4-17(24)20(18)25/h3-9,15H,10-13H2,1-2H3. The summed E-state index contributed by atoms with van der Waals surface area (Å²) in [4.78, 5) is 30.2. The maximum atomic E-state index is 13.5. The second-order valence-electron chi connectivity index (χ2n) is 7.78. The molecule has 2 amide bonds. The van der Waals surface area contributed by atoms with Crippen LogP contribution in [0.25, 0.3) is 5.57 Å². The lowest BCUT2D eigenvalue weighted by Crippen LogP contribution is -2.38. The van der Waals surface area contributed by atoms with Crippen molar-refractivity contribution in [1.82, 2.24) is 4.90 Å². The molecule has 0 bridgehead atoms. The number of carbonyl (C=O) groups excluding carboxylic acids is 2. The van der Waals surface area contributed by atoms with E-state index >= 15 is 0 Å². The molecule has 0 aliphatic carbocycles. The van der Waals surface area contributed by atoms with Gasteiger partial charge in [-0.25, -0.2) is 4.90 Å². The summed E-state index contributed by atoms with van der Waals surface area (Å²) >= 11 is 12.5. The summed E-state index contributed by atoms with van der Waals surface area (Å²) in [5.74, 6) is -0.0960. The van der Waals surface area contributed by atoms with Crippen LogP contribution in [-0.2, 0) is 9.59 Å². The van der Waals surface area contributed by atoms with E-state index in [1.54, 1.807) is 18.2 Å². The highest BCUT2D eigenvalue weighted by Crippen LogP contribution is 2.40. The Morgan fingerprint density at radius 1 is 0.931 bits per heavy atom. The van der Waals surface area contributed by atoms with Crippen LogP contribution >= 0.6 is 23.2 Å². The Morgan fingerprint density at radius 3 is 2.24 bits per heavy atom. The summed E-state index contributed by atoms with van der Waals surface area (Å²) in [5.41, 5.74) is 3.04. The Hall–Kier alpha value is -2.30. The molecule has 150 valence electrons. The molecule has 1 saturated heterocycles. The van der Waals surface area contributed by atoms with Gasteiger partial charge in [-0.2, -0.15) is 0 Å². The van der Waals surface area contributed by atoms with Crippen molar-refractivity contribution in [3.8, 4) is 0 Å². The van der Waals surface area contributed by atoms with Gasteiger partial charge >= 0.3 is 0 Å². The Morgan fingerprint density at radius 2 is 1.59 bits per heavy atom. The molecule has 0 atom stereocenters. The van der Waals surface area contributed by atoms with Crippen LogP contribution in [0.1, 0.15) is 30.9 Å². The molecule has 2 aliphatic rings. The van der Waals surface area contributed by atoms with Crippen molar-refractivity contribution < 1.29 is 9.59 Å². The maximum Gasteiger partial charge on any atom is 0.282 e. The minimum Gasteiger partial charge on any atom is -0.366 e. The van der Waals surface area contributed by atoms with Crippen LogP contribution in [0.3, 0.4) is 0 Å². The lowest BCUT2D eigenvalue weighted by atomic mass is 9.97. The number of halogens is 2. The zero-order chi connectivity index (χ0) is 20.7. The summed E-state index contributed by atoms with van der Waals surface area (Å²) in [6, 6.07) is 12.7. The molecule has 0 N–H and O–H groups in total. The Bertz CT molecular complexity index is 1010. The number of imide groups is 1. The number of amides is 2. The third-order valence-electron chi connectivity index (χ3n) is 5.67. The van der Waals surface area contributed by atoms with Crippen LogP contribution in [0, 0.1) is 12.8 Å². The molecular formula is C23H22Cl2N2O2. The van der Waals surface area contributed by atoms with Crippen LogP contribution < -0.4 is 4.90 Å². The molecule has 0 spiro atoms. The minimum absolute atomic E-state index is 0.202. The molecule has 0 unspecified atom stereocenters. The topological polar surface area (TPSA) is 40.6 Å². The van der Waals surface area contributed by atoms with E-state index < -0.39 is 0 Å². The first kappa shape index (κ1) is 20.0. The third kappa shape index (κ3) is 3.56. The van der Waals surface area contributed by atoms with Crippen molar-refractivity contribution in [2.24, 2.45) is 5.92 Å². The fraction of sp³-hybridized carbons (Fsp3) is 0.304. The lowest BCUT2D eigenvalue weighted by Gasteiger charge is -2.32. The van der Waals surface area contributed by atoms with Gasteiger partial charge in [-0.15, -0.1) is 0 Å². The SMILES string of the molecule is Cc1ccc(C2=C(N3CCC(C)CC3)C(=O)N(c3cccc(Cl)c3Cl)C2=O)cc1. The second kappa shape index (κ2) is 7.85. The van der Waals surface area contributed by atoms with Crippen molar-refractivity contribution in [3.05, 3.63) is 69.3 Å². The molecule has 6 heteroatoms. The number of piperidine rings is 1. The average molecular weight is 429 g/mol. The van der Waals surface area contributed by atoms with Crippen molar-refractivity contribution in [2.45, 2.75) is 26.7 Å². The van der Waals surface area contributed by atoms with Gasteiger partial charge in [0.05, 0.1) is 21.3 Å². The maximum absolute atomic E-state index is 13.5. The lowest BCUT2D eigenvalue weighted by molar-refractivity contribution is -0.120. The summed E-state index contributed by atoms with van der Waals surface area (Å²) in [6.07, 6.45) is 1.98. The second-order valence-corrected chi connectivity index (χ2v) is 8.56. The first-order valence-corrected chi connectivity index (χ1v) is 10.5. The molecule has 0 radical (unpaired) electrons. The highest BCUT2D eigenvalue weighted by Gasteiger charge is 2.43. The van der Waals surface area contributed by atoms with Gasteiger partial charge in [0.15, 0.2) is 0 Å². The van der Waals surface area contributed by atoms with E-state index in [4.69, 9.17) is 23.2 Å². The first-order chi connectivity index (χ1) is 13.9. The molecule has 1 fully saturated rings. The summed E-state index contributed by atoms with van der Waals surface area (Å²) in [6.45, 7) is 5.71. The van der Waals surface area contributed by atoms with Gasteiger partial charge in [0.2, 0.25) is 0 Å². The normalized spacial score (nSPS) is 18.2. The van der Waals surface area contributed by atoms with Crippen LogP contribution in [-0.4, -0.2) is 29.8 Å². The quantitative estimate of drug-likeness (QED) is 0.621. The fourth-order valence-corrected chi connectivity index (χ4v) is 4.29. The molecule has 2 aliphatic heterocycles. The van der Waals surface area contributed by atoms with Crippen molar-refractivity contribution in [2.75, 3.05) is 18.0 Å². The molecule has 0 aromatic heterocycles. The molecule has 4 nitrogen and oxygen atoms in total. The number of aryl methyl sites for hydroxylation is 1. The summed E-state index contributed by atoms with van der Waals surface area (Å²) in [5, 5.41) is 0.509. The Labute approximate surface area is 180 Å². The Balaban J connectivity index is 1.83. The summed E-state index contributed by atoms with van der Waals surface area (Å²) < 4.78 is 0. The van der Waals surface area contributed by atoms with Crippen molar-refractivity contribution in [1.29, 1.82) is 0 Å². The molecule has 2 aromatic carbocycles. The van der Waals surface area contributed by atoms with E-state index in [1.807, 2.05) is 36.1 Å². The van der Waals surface area contributed by atoms with E-state index in [2.05, 4.69) is 6.92 Å². The zero-order valence-corrected chi connectivity index (χ0v) is 17.9. The highest BCUT2D eigenvalue weighted by molar-refractivity contribution is 6.49. The minimum atomic E-state index is -0.364. The van der Waals surface area contributed by atoms with E-state index in [-0.39, 0.29) is 16.8 Å². The number of hydrogen-bond donors (Lipinski definition) is 0. The Kier molecular flexibility index (Phi) is 5.41. The fourth-order valence-electron chi connectivity index (χ4n) is 3.91. The number of rotatable bonds is 3. The van der Waals surface area contributed by atoms with Crippen LogP contribution in [0.4, 0.5) is 5.69 Å². The highest BCUT2D eigenvalue weighted by atomic mass is 35.5. The monoisotopic (exact) mass is 428 g/mol. The largest absolute Gasteiger partial charge is 0.366 e. The van der Waals surface area contributed by atoms with Gasteiger partial charge < -0.3 is 4.90 Å². The molecule has 4 rings (SSSR count). The molecule has 2 heterocycles. The average Bonchev–Trinajstić information content (AvgIpc) is 2.96. The van der Waals surface area contributed by atoms with E-state index in [0.717, 1.165) is 42.0 Å². The number of hydrogen-bond acceptors (Lipinski definition) is 3. The van der Waals surface area contributed by atoms with Crippen LogP contribution in [0.2, 0.25) is 10.0 Å². The molecule has 0 saturated carbocycles. The smallest absolute Gasteiger partial charge is 0.282 e. The predicted molar refractivity (Wildman–Crippen MR) is 117 cm³/mol. The van der Waals surface area contributed by atoms with Gasteiger partial charge in [0.1, 0.15) is 5.70 Å². The first-order valence-electron chi connectivity index (χ1n) is 9.77. The molecule has 29 heavy (non-hydrogen) atoms. The van der Waals surface area contributed by atoms with E-state index in [1.165, 1.54) is 0 Å². The number of anilines is 1. The van der Waals surface area contributed by atoms with E-state index in [0.29, 0.717) is 27.9 Å². The van der Waals surface area contributed by atoms with Crippen molar-refractivity contribution in [3.63, 3.8) is 0 Å². The van der Waals surface area contributed by atoms with Crippen LogP contribution in [0.5, 0.6) is 0 Å². The van der Waals surface area contributed by atoms with Gasteiger partial charge in [0, 0.05) is 13.1 Å². The van der Waals surface area contributed by atoms with Gasteiger partial charge in [-0.3, -0.25) is 9.59 Å². The van der Waals surface area contributed by atoms with E-state index in [9.17, 15) is 9.59 Å². The predicted octanol–water partition coefficient (Wildman–Crippen LogP) is 5.32. The number of carbonyl (C=O) groups is 2.